The lowest BCUT2D eigenvalue weighted by Crippen LogP contribution is -2.44. The van der Waals surface area contributed by atoms with Crippen LogP contribution in [0.1, 0.15) is 40.5 Å². The van der Waals surface area contributed by atoms with Crippen molar-refractivity contribution in [3.63, 3.8) is 0 Å². The first-order valence-electron chi connectivity index (χ1n) is 9.38. The third-order valence-electron chi connectivity index (χ3n) is 5.75. The van der Waals surface area contributed by atoms with Crippen molar-refractivity contribution >= 4 is 24.3 Å². The topological polar surface area (TPSA) is 62.8 Å². The number of benzene rings is 1. The minimum atomic E-state index is -0.387. The molecule has 142 valence electrons. The van der Waals surface area contributed by atoms with Crippen LogP contribution in [0.5, 0.6) is 0 Å². The van der Waals surface area contributed by atoms with Crippen molar-refractivity contribution < 1.29 is 14.1 Å². The molecule has 2 N–H and O–H groups in total. The Kier molecular flexibility index (Phi) is 5.33. The van der Waals surface area contributed by atoms with E-state index in [2.05, 4.69) is 22.6 Å². The van der Waals surface area contributed by atoms with Gasteiger partial charge < -0.3 is 24.8 Å². The van der Waals surface area contributed by atoms with Gasteiger partial charge in [-0.1, -0.05) is 12.1 Å². The van der Waals surface area contributed by atoms with Crippen molar-refractivity contribution in [2.45, 2.75) is 57.8 Å². The second kappa shape index (κ2) is 7.21. The molecule has 1 aromatic carbocycles. The summed E-state index contributed by atoms with van der Waals surface area (Å²) in [4.78, 5) is 14.5. The number of hydrogen-bond donors (Lipinski definition) is 2. The summed E-state index contributed by atoms with van der Waals surface area (Å²) in [5.41, 5.74) is 0.992. The molecule has 0 atom stereocenters. The van der Waals surface area contributed by atoms with Crippen molar-refractivity contribution in [3.05, 3.63) is 24.3 Å². The van der Waals surface area contributed by atoms with Crippen LogP contribution in [0.3, 0.4) is 0 Å². The first kappa shape index (κ1) is 19.2. The van der Waals surface area contributed by atoms with E-state index in [0.29, 0.717) is 0 Å². The Morgan fingerprint density at radius 1 is 1.08 bits per heavy atom. The molecule has 26 heavy (non-hydrogen) atoms. The Balaban J connectivity index is 1.54. The highest BCUT2D eigenvalue weighted by Gasteiger charge is 2.51. The van der Waals surface area contributed by atoms with Crippen molar-refractivity contribution in [2.24, 2.45) is 0 Å². The van der Waals surface area contributed by atoms with Gasteiger partial charge in [0, 0.05) is 11.7 Å². The highest BCUT2D eigenvalue weighted by Crippen LogP contribution is 2.36. The number of urea groups is 1. The molecule has 6 nitrogen and oxygen atoms in total. The van der Waals surface area contributed by atoms with Crippen LogP contribution in [0, 0.1) is 0 Å². The Morgan fingerprint density at radius 2 is 1.62 bits per heavy atom. The fraction of sp³-hybridized carbons (Fsp3) is 0.632. The molecule has 2 aliphatic heterocycles. The summed E-state index contributed by atoms with van der Waals surface area (Å²) in [6.07, 6.45) is 1.98. The van der Waals surface area contributed by atoms with Gasteiger partial charge in [-0.15, -0.1) is 0 Å². The molecule has 0 radical (unpaired) electrons. The molecule has 0 unspecified atom stereocenters. The van der Waals surface area contributed by atoms with Gasteiger partial charge in [-0.05, 0) is 78.3 Å². The third kappa shape index (κ3) is 4.22. The molecular weight excluding hydrogens is 329 g/mol. The average Bonchev–Trinajstić information content (AvgIpc) is 2.78. The number of anilines is 1. The Hall–Kier alpha value is -1.57. The van der Waals surface area contributed by atoms with Crippen LogP contribution >= 0.6 is 0 Å². The number of nitrogens with one attached hydrogen (secondary N) is 2. The maximum Gasteiger partial charge on any atom is 0.494 e. The normalized spacial score (nSPS) is 23.0. The zero-order valence-electron chi connectivity index (χ0n) is 16.5. The van der Waals surface area contributed by atoms with E-state index in [9.17, 15) is 4.79 Å². The average molecular weight is 359 g/mol. The molecule has 1 aromatic rings. The molecular formula is C19H30BN3O3. The van der Waals surface area contributed by atoms with Gasteiger partial charge in [-0.2, -0.15) is 0 Å². The number of amides is 2. The van der Waals surface area contributed by atoms with Crippen LogP contribution in [0.25, 0.3) is 0 Å². The van der Waals surface area contributed by atoms with Crippen LogP contribution in [0.15, 0.2) is 24.3 Å². The lowest BCUT2D eigenvalue weighted by molar-refractivity contribution is 0.00578. The minimum Gasteiger partial charge on any atom is -0.399 e. The van der Waals surface area contributed by atoms with E-state index >= 15 is 0 Å². The molecule has 0 saturated carbocycles. The number of piperidine rings is 1. The van der Waals surface area contributed by atoms with Gasteiger partial charge in [0.1, 0.15) is 0 Å². The Labute approximate surface area is 156 Å². The number of likely N-dealkylation sites (tertiary alicyclic amines) is 1. The summed E-state index contributed by atoms with van der Waals surface area (Å²) in [5, 5.41) is 5.96. The van der Waals surface area contributed by atoms with E-state index in [1.807, 2.05) is 52.0 Å². The fourth-order valence-electron chi connectivity index (χ4n) is 3.21. The standard InChI is InChI=1S/C19H30BN3O3/c1-18(2)19(3,4)26-20(25-18)14-6-8-15(9-7-14)21-17(24)22-16-10-12-23(5)13-11-16/h6-9,16H,10-13H2,1-5H3,(H2,21,22,24). The zero-order chi connectivity index (χ0) is 18.9. The first-order chi connectivity index (χ1) is 12.2. The van der Waals surface area contributed by atoms with E-state index in [0.717, 1.165) is 37.1 Å². The van der Waals surface area contributed by atoms with Gasteiger partial charge in [0.25, 0.3) is 0 Å². The number of carbonyl (C=O) groups excluding carboxylic acids is 1. The molecule has 0 bridgehead atoms. The lowest BCUT2D eigenvalue weighted by Gasteiger charge is -2.32. The monoisotopic (exact) mass is 359 g/mol. The maximum absolute atomic E-state index is 12.2. The second-order valence-electron chi connectivity index (χ2n) is 8.39. The lowest BCUT2D eigenvalue weighted by atomic mass is 9.79. The van der Waals surface area contributed by atoms with Gasteiger partial charge in [0.2, 0.25) is 0 Å². The van der Waals surface area contributed by atoms with E-state index < -0.39 is 0 Å². The zero-order valence-corrected chi connectivity index (χ0v) is 16.5. The second-order valence-corrected chi connectivity index (χ2v) is 8.39. The van der Waals surface area contributed by atoms with E-state index in [4.69, 9.17) is 9.31 Å². The molecule has 2 fully saturated rings. The summed E-state index contributed by atoms with van der Waals surface area (Å²) in [7, 11) is 1.72. The summed E-state index contributed by atoms with van der Waals surface area (Å²) in [5.74, 6) is 0. The van der Waals surface area contributed by atoms with Crippen LogP contribution in [0.2, 0.25) is 0 Å². The predicted molar refractivity (Wildman–Crippen MR) is 105 cm³/mol. The van der Waals surface area contributed by atoms with Gasteiger partial charge in [0.15, 0.2) is 0 Å². The van der Waals surface area contributed by atoms with Crippen LogP contribution in [-0.2, 0) is 9.31 Å². The SMILES string of the molecule is CN1CCC(NC(=O)Nc2ccc(B3OC(C)(C)C(C)(C)O3)cc2)CC1. The van der Waals surface area contributed by atoms with Crippen molar-refractivity contribution in [1.82, 2.24) is 10.2 Å². The molecule has 0 spiro atoms. The molecule has 2 heterocycles. The van der Waals surface area contributed by atoms with Gasteiger partial charge in [-0.25, -0.2) is 4.79 Å². The number of rotatable bonds is 3. The molecule has 0 aromatic heterocycles. The maximum atomic E-state index is 12.2. The van der Waals surface area contributed by atoms with E-state index in [-0.39, 0.29) is 30.4 Å². The minimum absolute atomic E-state index is 0.150. The molecule has 2 amide bonds. The summed E-state index contributed by atoms with van der Waals surface area (Å²) in [6.45, 7) is 10.2. The van der Waals surface area contributed by atoms with E-state index in [1.165, 1.54) is 0 Å². The molecule has 2 saturated heterocycles. The Morgan fingerprint density at radius 3 is 2.15 bits per heavy atom. The largest absolute Gasteiger partial charge is 0.494 e. The summed E-state index contributed by atoms with van der Waals surface area (Å²) in [6, 6.07) is 7.74. The van der Waals surface area contributed by atoms with Crippen molar-refractivity contribution in [1.29, 1.82) is 0 Å². The highest BCUT2D eigenvalue weighted by molar-refractivity contribution is 6.62. The highest BCUT2D eigenvalue weighted by atomic mass is 16.7. The summed E-state index contributed by atoms with van der Waals surface area (Å²) >= 11 is 0. The van der Waals surface area contributed by atoms with Gasteiger partial charge in [0.05, 0.1) is 11.2 Å². The van der Waals surface area contributed by atoms with Gasteiger partial charge >= 0.3 is 13.1 Å². The number of hydrogen-bond acceptors (Lipinski definition) is 4. The van der Waals surface area contributed by atoms with Gasteiger partial charge in [-0.3, -0.25) is 0 Å². The summed E-state index contributed by atoms with van der Waals surface area (Å²) < 4.78 is 12.1. The molecule has 3 rings (SSSR count). The van der Waals surface area contributed by atoms with Crippen molar-refractivity contribution in [3.8, 4) is 0 Å². The number of nitrogens with zero attached hydrogens (tertiary/aromatic N) is 1. The first-order valence-corrected chi connectivity index (χ1v) is 9.38. The number of carbonyl (C=O) groups is 1. The van der Waals surface area contributed by atoms with Crippen LogP contribution in [0.4, 0.5) is 10.5 Å². The fourth-order valence-corrected chi connectivity index (χ4v) is 3.21. The van der Waals surface area contributed by atoms with Crippen LogP contribution in [-0.4, -0.2) is 55.4 Å². The molecule has 0 aliphatic carbocycles. The smallest absolute Gasteiger partial charge is 0.399 e. The quantitative estimate of drug-likeness (QED) is 0.813. The predicted octanol–water partition coefficient (Wildman–Crippen LogP) is 2.20. The van der Waals surface area contributed by atoms with E-state index in [1.54, 1.807) is 0 Å². The molecule has 7 heteroatoms. The van der Waals surface area contributed by atoms with Crippen molar-refractivity contribution in [2.75, 3.05) is 25.5 Å². The van der Waals surface area contributed by atoms with Crippen LogP contribution < -0.4 is 16.1 Å². The molecule has 2 aliphatic rings. The Bertz CT molecular complexity index is 624. The third-order valence-corrected chi connectivity index (χ3v) is 5.75.